The number of halogens is 2. The van der Waals surface area contributed by atoms with Crippen LogP contribution in [0.2, 0.25) is 0 Å². The Morgan fingerprint density at radius 2 is 1.87 bits per heavy atom. The molecular weight excluding hydrogens is 514 g/mol. The third kappa shape index (κ3) is 8.99. The van der Waals surface area contributed by atoms with E-state index in [1.807, 2.05) is 25.1 Å². The molecule has 0 saturated carbocycles. The first-order valence-corrected chi connectivity index (χ1v) is 9.81. The van der Waals surface area contributed by atoms with Crippen LogP contribution in [0.1, 0.15) is 18.1 Å². The van der Waals surface area contributed by atoms with Crippen molar-refractivity contribution in [2.45, 2.75) is 19.9 Å². The van der Waals surface area contributed by atoms with Crippen LogP contribution in [-0.2, 0) is 17.8 Å². The van der Waals surface area contributed by atoms with Crippen molar-refractivity contribution < 1.29 is 18.7 Å². The SMILES string of the molecule is CCNC(=O)COc1ccc(CNC(=NC)NCCc2ccccc2F)cc1OC.I. The maximum Gasteiger partial charge on any atom is 0.257 e. The fourth-order valence-electron chi connectivity index (χ4n) is 2.76. The molecule has 0 aliphatic rings. The molecule has 31 heavy (non-hydrogen) atoms. The summed E-state index contributed by atoms with van der Waals surface area (Å²) in [5.74, 6) is 1.27. The monoisotopic (exact) mass is 544 g/mol. The number of aliphatic imine (C=N–C) groups is 1. The molecule has 3 N–H and O–H groups in total. The van der Waals surface area contributed by atoms with Crippen LogP contribution in [0.25, 0.3) is 0 Å². The van der Waals surface area contributed by atoms with Gasteiger partial charge in [-0.2, -0.15) is 0 Å². The van der Waals surface area contributed by atoms with Gasteiger partial charge in [-0.3, -0.25) is 9.79 Å². The highest BCUT2D eigenvalue weighted by molar-refractivity contribution is 14.0. The van der Waals surface area contributed by atoms with E-state index in [9.17, 15) is 9.18 Å². The second-order valence-electron chi connectivity index (χ2n) is 6.42. The number of nitrogens with zero attached hydrogens (tertiary/aromatic N) is 1. The second kappa shape index (κ2) is 14.4. The highest BCUT2D eigenvalue weighted by Crippen LogP contribution is 2.28. The highest BCUT2D eigenvalue weighted by atomic mass is 127. The van der Waals surface area contributed by atoms with Gasteiger partial charge in [0.05, 0.1) is 7.11 Å². The van der Waals surface area contributed by atoms with E-state index in [4.69, 9.17) is 9.47 Å². The number of methoxy groups -OCH3 is 1. The van der Waals surface area contributed by atoms with E-state index in [0.717, 1.165) is 5.56 Å². The maximum atomic E-state index is 13.7. The topological polar surface area (TPSA) is 84.0 Å². The number of nitrogens with one attached hydrogen (secondary N) is 3. The molecule has 170 valence electrons. The molecule has 0 aromatic heterocycles. The molecule has 2 aromatic rings. The normalized spacial score (nSPS) is 10.6. The van der Waals surface area contributed by atoms with Crippen molar-refractivity contribution in [2.24, 2.45) is 4.99 Å². The zero-order valence-corrected chi connectivity index (χ0v) is 20.4. The van der Waals surface area contributed by atoms with E-state index in [1.54, 1.807) is 32.4 Å². The van der Waals surface area contributed by atoms with Crippen molar-refractivity contribution in [1.29, 1.82) is 0 Å². The summed E-state index contributed by atoms with van der Waals surface area (Å²) < 4.78 is 24.6. The quantitative estimate of drug-likeness (QED) is 0.244. The minimum Gasteiger partial charge on any atom is -0.493 e. The van der Waals surface area contributed by atoms with Gasteiger partial charge in [0.25, 0.3) is 5.91 Å². The first-order chi connectivity index (χ1) is 14.6. The average molecular weight is 544 g/mol. The van der Waals surface area contributed by atoms with E-state index in [0.29, 0.717) is 49.1 Å². The third-order valence-corrected chi connectivity index (χ3v) is 4.29. The smallest absolute Gasteiger partial charge is 0.257 e. The van der Waals surface area contributed by atoms with Crippen LogP contribution in [0.4, 0.5) is 4.39 Å². The summed E-state index contributed by atoms with van der Waals surface area (Å²) in [6, 6.07) is 12.2. The first-order valence-electron chi connectivity index (χ1n) is 9.81. The largest absolute Gasteiger partial charge is 0.493 e. The number of benzene rings is 2. The number of carbonyl (C=O) groups is 1. The first kappa shape index (κ1) is 26.5. The van der Waals surface area contributed by atoms with Gasteiger partial charge in [-0.1, -0.05) is 24.3 Å². The van der Waals surface area contributed by atoms with Gasteiger partial charge in [0.15, 0.2) is 24.1 Å². The fraction of sp³-hybridized carbons (Fsp3) is 0.364. The molecule has 9 heteroatoms. The van der Waals surface area contributed by atoms with Crippen molar-refractivity contribution >= 4 is 35.8 Å². The molecule has 0 aliphatic carbocycles. The standard InChI is InChI=1S/C22H29FN4O3.HI/c1-4-25-21(28)15-30-19-10-9-16(13-20(19)29-3)14-27-22(24-2)26-12-11-17-7-5-6-8-18(17)23;/h5-10,13H,4,11-12,14-15H2,1-3H3,(H,25,28)(H2,24,26,27);1H. The molecule has 0 radical (unpaired) electrons. The average Bonchev–Trinajstić information content (AvgIpc) is 2.76. The molecule has 0 saturated heterocycles. The van der Waals surface area contributed by atoms with Crippen molar-refractivity contribution in [1.82, 2.24) is 16.0 Å². The van der Waals surface area contributed by atoms with Gasteiger partial charge in [0, 0.05) is 26.7 Å². The van der Waals surface area contributed by atoms with Crippen molar-refractivity contribution in [3.05, 3.63) is 59.4 Å². The Morgan fingerprint density at radius 1 is 1.10 bits per heavy atom. The third-order valence-electron chi connectivity index (χ3n) is 4.29. The summed E-state index contributed by atoms with van der Waals surface area (Å²) in [6.07, 6.45) is 0.554. The molecule has 0 bridgehead atoms. The van der Waals surface area contributed by atoms with Gasteiger partial charge >= 0.3 is 0 Å². The van der Waals surface area contributed by atoms with E-state index in [1.165, 1.54) is 6.07 Å². The van der Waals surface area contributed by atoms with Crippen LogP contribution < -0.4 is 25.4 Å². The molecule has 2 rings (SSSR count). The highest BCUT2D eigenvalue weighted by Gasteiger charge is 2.09. The molecule has 2 aromatic carbocycles. The minimum absolute atomic E-state index is 0. The summed E-state index contributed by atoms with van der Waals surface area (Å²) >= 11 is 0. The summed E-state index contributed by atoms with van der Waals surface area (Å²) in [4.78, 5) is 15.7. The van der Waals surface area contributed by atoms with Crippen molar-refractivity contribution in [2.75, 3.05) is 33.9 Å². The van der Waals surface area contributed by atoms with Gasteiger partial charge in [0.2, 0.25) is 0 Å². The Morgan fingerprint density at radius 3 is 2.55 bits per heavy atom. The maximum absolute atomic E-state index is 13.7. The summed E-state index contributed by atoms with van der Waals surface area (Å²) in [6.45, 7) is 3.39. The van der Waals surface area contributed by atoms with E-state index in [-0.39, 0.29) is 42.3 Å². The molecule has 0 aliphatic heterocycles. The Bertz CT molecular complexity index is 864. The van der Waals surface area contributed by atoms with Gasteiger partial charge < -0.3 is 25.4 Å². The van der Waals surface area contributed by atoms with Gasteiger partial charge in [-0.25, -0.2) is 4.39 Å². The molecule has 0 unspecified atom stereocenters. The molecule has 0 fully saturated rings. The van der Waals surface area contributed by atoms with Crippen LogP contribution in [0.5, 0.6) is 11.5 Å². The van der Waals surface area contributed by atoms with Crippen LogP contribution in [-0.4, -0.2) is 45.7 Å². The number of hydrogen-bond donors (Lipinski definition) is 3. The van der Waals surface area contributed by atoms with E-state index < -0.39 is 0 Å². The molecular formula is C22H30FIN4O3. The van der Waals surface area contributed by atoms with Crippen LogP contribution >= 0.6 is 24.0 Å². The van der Waals surface area contributed by atoms with E-state index >= 15 is 0 Å². The van der Waals surface area contributed by atoms with Crippen molar-refractivity contribution in [3.8, 4) is 11.5 Å². The summed E-state index contributed by atoms with van der Waals surface area (Å²) in [5.41, 5.74) is 1.61. The molecule has 7 nitrogen and oxygen atoms in total. The zero-order valence-electron chi connectivity index (χ0n) is 18.0. The number of rotatable bonds is 10. The van der Waals surface area contributed by atoms with Gasteiger partial charge in [-0.05, 0) is 42.7 Å². The van der Waals surface area contributed by atoms with Gasteiger partial charge in [0.1, 0.15) is 5.82 Å². The predicted octanol–water partition coefficient (Wildman–Crippen LogP) is 2.87. The van der Waals surface area contributed by atoms with E-state index in [2.05, 4.69) is 20.9 Å². The van der Waals surface area contributed by atoms with Gasteiger partial charge in [-0.15, -0.1) is 24.0 Å². The summed E-state index contributed by atoms with van der Waals surface area (Å²) in [5, 5.41) is 9.06. The number of likely N-dealkylation sites (N-methyl/N-ethyl adjacent to an activating group) is 1. The lowest BCUT2D eigenvalue weighted by Gasteiger charge is -2.14. The lowest BCUT2D eigenvalue weighted by Crippen LogP contribution is -2.37. The summed E-state index contributed by atoms with van der Waals surface area (Å²) in [7, 11) is 3.23. The number of carbonyl (C=O) groups excluding carboxylic acids is 1. The Labute approximate surface area is 199 Å². The minimum atomic E-state index is -0.205. The van der Waals surface area contributed by atoms with Crippen LogP contribution in [0.3, 0.4) is 0 Å². The molecule has 0 spiro atoms. The zero-order chi connectivity index (χ0) is 21.8. The Kier molecular flexibility index (Phi) is 12.3. The predicted molar refractivity (Wildman–Crippen MR) is 131 cm³/mol. The number of ether oxygens (including phenoxy) is 2. The number of hydrogen-bond acceptors (Lipinski definition) is 4. The van der Waals surface area contributed by atoms with Crippen LogP contribution in [0, 0.1) is 5.82 Å². The Balaban J connectivity index is 0.00000480. The lowest BCUT2D eigenvalue weighted by atomic mass is 10.1. The molecule has 0 heterocycles. The molecule has 0 atom stereocenters. The Hall–Kier alpha value is -2.56. The van der Waals surface area contributed by atoms with Crippen molar-refractivity contribution in [3.63, 3.8) is 0 Å². The number of amides is 1. The fourth-order valence-corrected chi connectivity index (χ4v) is 2.76. The number of guanidine groups is 1. The van der Waals surface area contributed by atoms with Crippen LogP contribution in [0.15, 0.2) is 47.5 Å². The lowest BCUT2D eigenvalue weighted by molar-refractivity contribution is -0.123. The molecule has 1 amide bonds. The second-order valence-corrected chi connectivity index (χ2v) is 6.42.